The van der Waals surface area contributed by atoms with E-state index in [1.807, 2.05) is 0 Å². The predicted molar refractivity (Wildman–Crippen MR) is 43.6 cm³/mol. The van der Waals surface area contributed by atoms with Gasteiger partial charge in [-0.1, -0.05) is 0 Å². The van der Waals surface area contributed by atoms with Crippen LogP contribution in [0.3, 0.4) is 0 Å². The monoisotopic (exact) mass is 268 g/mol. The van der Waals surface area contributed by atoms with E-state index in [0.717, 1.165) is 6.07 Å². The molecular weight excluding hydrogens is 266 g/mol. The van der Waals surface area contributed by atoms with Crippen LogP contribution < -0.4 is 0 Å². The molecule has 0 atom stereocenters. The molecule has 0 aromatic carbocycles. The van der Waals surface area contributed by atoms with E-state index in [9.17, 15) is 14.5 Å². The molecule has 0 saturated heterocycles. The summed E-state index contributed by atoms with van der Waals surface area (Å²) in [5.41, 5.74) is -0.562. The average Bonchev–Trinajstić information content (AvgIpc) is 1.85. The molecule has 0 fully saturated rings. The van der Waals surface area contributed by atoms with Gasteiger partial charge < -0.3 is 0 Å². The van der Waals surface area contributed by atoms with E-state index in [2.05, 4.69) is 4.98 Å². The second-order valence-electron chi connectivity index (χ2n) is 1.69. The van der Waals surface area contributed by atoms with Crippen molar-refractivity contribution in [3.05, 3.63) is 31.9 Å². The molecular formula is C5H2FIN2O2. The Kier molecular flexibility index (Phi) is 2.32. The van der Waals surface area contributed by atoms with E-state index >= 15 is 0 Å². The summed E-state index contributed by atoms with van der Waals surface area (Å²) in [5, 5.41) is 10.2. The van der Waals surface area contributed by atoms with Crippen LogP contribution in [0.5, 0.6) is 0 Å². The van der Waals surface area contributed by atoms with Gasteiger partial charge in [0.1, 0.15) is 0 Å². The SMILES string of the molecule is O=[N+]([O-])c1c(F)ccnc1I. The summed E-state index contributed by atoms with van der Waals surface area (Å²) in [7, 11) is 0. The first-order valence-electron chi connectivity index (χ1n) is 2.57. The number of rotatable bonds is 1. The highest BCUT2D eigenvalue weighted by Gasteiger charge is 2.18. The lowest BCUT2D eigenvalue weighted by Gasteiger charge is -1.93. The number of halogens is 2. The average molecular weight is 268 g/mol. The molecule has 0 aliphatic heterocycles. The molecule has 0 N–H and O–H groups in total. The summed E-state index contributed by atoms with van der Waals surface area (Å²) < 4.78 is 12.7. The van der Waals surface area contributed by atoms with Crippen LogP contribution in [-0.4, -0.2) is 9.91 Å². The number of nitro groups is 1. The molecule has 0 saturated carbocycles. The van der Waals surface area contributed by atoms with E-state index in [4.69, 9.17) is 0 Å². The van der Waals surface area contributed by atoms with Gasteiger partial charge in [-0.05, 0) is 28.7 Å². The van der Waals surface area contributed by atoms with Crippen molar-refractivity contribution in [1.82, 2.24) is 4.98 Å². The zero-order valence-corrected chi connectivity index (χ0v) is 7.28. The largest absolute Gasteiger partial charge is 0.336 e. The summed E-state index contributed by atoms with van der Waals surface area (Å²) in [5.74, 6) is -0.852. The lowest BCUT2D eigenvalue weighted by Crippen LogP contribution is -1.96. The molecule has 6 heteroatoms. The standard InChI is InChI=1S/C5H2FIN2O2/c6-3-1-2-8-5(7)4(3)9(10)11/h1-2H. The number of aromatic nitrogens is 1. The van der Waals surface area contributed by atoms with Crippen LogP contribution in [-0.2, 0) is 0 Å². The maximum atomic E-state index is 12.6. The first-order chi connectivity index (χ1) is 5.13. The quantitative estimate of drug-likeness (QED) is 0.337. The number of hydrogen-bond acceptors (Lipinski definition) is 3. The maximum absolute atomic E-state index is 12.6. The van der Waals surface area contributed by atoms with Crippen molar-refractivity contribution >= 4 is 28.3 Å². The third-order valence-electron chi connectivity index (χ3n) is 1.01. The maximum Gasteiger partial charge on any atom is 0.336 e. The molecule has 0 amide bonds. The molecule has 1 rings (SSSR count). The Morgan fingerprint density at radius 1 is 1.73 bits per heavy atom. The lowest BCUT2D eigenvalue weighted by atomic mass is 10.4. The smallest absolute Gasteiger partial charge is 0.258 e. The van der Waals surface area contributed by atoms with Crippen LogP contribution in [0.4, 0.5) is 10.1 Å². The molecule has 58 valence electrons. The summed E-state index contributed by atoms with van der Waals surface area (Å²) in [6.45, 7) is 0. The van der Waals surface area contributed by atoms with Crippen molar-refractivity contribution in [1.29, 1.82) is 0 Å². The fourth-order valence-corrected chi connectivity index (χ4v) is 1.18. The highest BCUT2D eigenvalue weighted by Crippen LogP contribution is 2.20. The Bertz CT molecular complexity index is 284. The predicted octanol–water partition coefficient (Wildman–Crippen LogP) is 1.73. The molecule has 0 aliphatic rings. The van der Waals surface area contributed by atoms with Gasteiger partial charge in [0.05, 0.1) is 4.92 Å². The third-order valence-corrected chi connectivity index (χ3v) is 1.80. The summed E-state index contributed by atoms with van der Waals surface area (Å²) in [6.07, 6.45) is 1.18. The van der Waals surface area contributed by atoms with Crippen LogP contribution in [0.25, 0.3) is 0 Å². The van der Waals surface area contributed by atoms with Crippen molar-refractivity contribution in [3.63, 3.8) is 0 Å². The van der Waals surface area contributed by atoms with Gasteiger partial charge in [-0.2, -0.15) is 4.39 Å². The normalized spacial score (nSPS) is 9.64. The van der Waals surface area contributed by atoms with Gasteiger partial charge in [-0.25, -0.2) is 4.98 Å². The first-order valence-corrected chi connectivity index (χ1v) is 3.65. The Hall–Kier alpha value is -0.790. The molecule has 11 heavy (non-hydrogen) atoms. The zero-order valence-electron chi connectivity index (χ0n) is 5.12. The molecule has 0 radical (unpaired) electrons. The molecule has 1 heterocycles. The second kappa shape index (κ2) is 3.07. The van der Waals surface area contributed by atoms with Crippen molar-refractivity contribution in [3.8, 4) is 0 Å². The van der Waals surface area contributed by atoms with Gasteiger partial charge in [-0.15, -0.1) is 0 Å². The van der Waals surface area contributed by atoms with Gasteiger partial charge in [0.25, 0.3) is 0 Å². The summed E-state index contributed by atoms with van der Waals surface area (Å²) in [6, 6.07) is 0.959. The fraction of sp³-hybridized carbons (Fsp3) is 0. The minimum absolute atomic E-state index is 0.0626. The van der Waals surface area contributed by atoms with Gasteiger partial charge >= 0.3 is 5.69 Å². The number of pyridine rings is 1. The zero-order chi connectivity index (χ0) is 8.43. The van der Waals surface area contributed by atoms with Gasteiger partial charge in [0.2, 0.25) is 5.82 Å². The van der Waals surface area contributed by atoms with Gasteiger partial charge in [0, 0.05) is 6.20 Å². The van der Waals surface area contributed by atoms with E-state index in [1.54, 1.807) is 22.6 Å². The second-order valence-corrected chi connectivity index (χ2v) is 2.71. The minimum atomic E-state index is -0.852. The Labute approximate surface area is 74.7 Å². The Morgan fingerprint density at radius 3 is 2.73 bits per heavy atom. The van der Waals surface area contributed by atoms with E-state index in [-0.39, 0.29) is 3.70 Å². The van der Waals surface area contributed by atoms with E-state index in [0.29, 0.717) is 0 Å². The van der Waals surface area contributed by atoms with Crippen LogP contribution in [0.2, 0.25) is 0 Å². The van der Waals surface area contributed by atoms with Crippen molar-refractivity contribution in [2.75, 3.05) is 0 Å². The Morgan fingerprint density at radius 2 is 2.36 bits per heavy atom. The lowest BCUT2D eigenvalue weighted by molar-refractivity contribution is -0.388. The van der Waals surface area contributed by atoms with Gasteiger partial charge in [-0.3, -0.25) is 10.1 Å². The minimum Gasteiger partial charge on any atom is -0.258 e. The molecule has 0 aliphatic carbocycles. The number of nitrogens with zero attached hydrogens (tertiary/aromatic N) is 2. The highest BCUT2D eigenvalue weighted by molar-refractivity contribution is 14.1. The molecule has 4 nitrogen and oxygen atoms in total. The Balaban J connectivity index is 3.32. The van der Waals surface area contributed by atoms with Crippen LogP contribution >= 0.6 is 22.6 Å². The summed E-state index contributed by atoms with van der Waals surface area (Å²) in [4.78, 5) is 12.9. The van der Waals surface area contributed by atoms with Gasteiger partial charge in [0.15, 0.2) is 3.70 Å². The van der Waals surface area contributed by atoms with Crippen LogP contribution in [0, 0.1) is 19.6 Å². The molecule has 1 aromatic rings. The molecule has 0 unspecified atom stereocenters. The fourth-order valence-electron chi connectivity index (χ4n) is 0.569. The topological polar surface area (TPSA) is 56.0 Å². The molecule has 0 spiro atoms. The van der Waals surface area contributed by atoms with E-state index in [1.165, 1.54) is 6.20 Å². The van der Waals surface area contributed by atoms with Crippen molar-refractivity contribution in [2.24, 2.45) is 0 Å². The first kappa shape index (κ1) is 8.31. The molecule has 1 aromatic heterocycles. The summed E-state index contributed by atoms with van der Waals surface area (Å²) >= 11 is 1.61. The molecule has 0 bridgehead atoms. The highest BCUT2D eigenvalue weighted by atomic mass is 127. The van der Waals surface area contributed by atoms with Crippen LogP contribution in [0.15, 0.2) is 12.3 Å². The number of hydrogen-bond donors (Lipinski definition) is 0. The van der Waals surface area contributed by atoms with Crippen molar-refractivity contribution < 1.29 is 9.31 Å². The van der Waals surface area contributed by atoms with Crippen LogP contribution in [0.1, 0.15) is 0 Å². The van der Waals surface area contributed by atoms with Crippen molar-refractivity contribution in [2.45, 2.75) is 0 Å². The third kappa shape index (κ3) is 1.62. The van der Waals surface area contributed by atoms with E-state index < -0.39 is 16.4 Å².